The summed E-state index contributed by atoms with van der Waals surface area (Å²) in [6.07, 6.45) is 7.16. The first-order valence-electron chi connectivity index (χ1n) is 8.18. The third-order valence-corrected chi connectivity index (χ3v) is 5.72. The van der Waals surface area contributed by atoms with Crippen LogP contribution in [0.25, 0.3) is 0 Å². The lowest BCUT2D eigenvalue weighted by Crippen LogP contribution is -2.46. The van der Waals surface area contributed by atoms with E-state index in [9.17, 15) is 9.59 Å². The summed E-state index contributed by atoms with van der Waals surface area (Å²) in [5.41, 5.74) is 1.99. The maximum absolute atomic E-state index is 12.3. The minimum absolute atomic E-state index is 0.117. The predicted molar refractivity (Wildman–Crippen MR) is 95.4 cm³/mol. The van der Waals surface area contributed by atoms with E-state index in [1.54, 1.807) is 6.08 Å². The Bertz CT molecular complexity index is 575. The van der Waals surface area contributed by atoms with Crippen molar-refractivity contribution in [1.82, 2.24) is 0 Å². The number of thiol groups is 1. The predicted octanol–water partition coefficient (Wildman–Crippen LogP) is 3.91. The second-order valence-electron chi connectivity index (χ2n) is 6.98. The van der Waals surface area contributed by atoms with Crippen molar-refractivity contribution in [3.05, 3.63) is 36.0 Å². The number of ketones is 1. The molecule has 4 atom stereocenters. The highest BCUT2D eigenvalue weighted by molar-refractivity contribution is 7.80. The molecule has 2 rings (SSSR count). The van der Waals surface area contributed by atoms with Gasteiger partial charge >= 0.3 is 5.97 Å². The molecule has 0 aromatic rings. The number of fused-ring (bicyclic) bond motifs is 1. The van der Waals surface area contributed by atoms with E-state index in [4.69, 9.17) is 4.74 Å². The third-order valence-electron chi connectivity index (χ3n) is 5.50. The van der Waals surface area contributed by atoms with Crippen LogP contribution in [0.1, 0.15) is 40.0 Å². The lowest BCUT2D eigenvalue weighted by Gasteiger charge is -2.49. The first kappa shape index (κ1) is 18.1. The largest absolute Gasteiger partial charge is 0.459 e. The molecule has 1 fully saturated rings. The van der Waals surface area contributed by atoms with E-state index in [0.29, 0.717) is 5.75 Å². The molecule has 0 heterocycles. The average molecular weight is 334 g/mol. The van der Waals surface area contributed by atoms with Crippen molar-refractivity contribution in [3.63, 3.8) is 0 Å². The first-order chi connectivity index (χ1) is 10.8. The Kier molecular flexibility index (Phi) is 5.56. The van der Waals surface area contributed by atoms with E-state index in [1.807, 2.05) is 13.0 Å². The van der Waals surface area contributed by atoms with Crippen LogP contribution in [0.2, 0.25) is 0 Å². The molecule has 2 aliphatic rings. The van der Waals surface area contributed by atoms with Crippen molar-refractivity contribution in [2.45, 2.75) is 46.1 Å². The van der Waals surface area contributed by atoms with E-state index in [1.165, 1.54) is 11.6 Å². The number of hydrogen-bond donors (Lipinski definition) is 1. The van der Waals surface area contributed by atoms with Crippen molar-refractivity contribution in [1.29, 1.82) is 0 Å². The molecule has 4 heteroatoms. The van der Waals surface area contributed by atoms with E-state index in [0.717, 1.165) is 24.8 Å². The molecule has 0 radical (unpaired) electrons. The van der Waals surface area contributed by atoms with Crippen molar-refractivity contribution in [2.24, 2.45) is 17.3 Å². The van der Waals surface area contributed by atoms with Crippen LogP contribution in [0.4, 0.5) is 0 Å². The topological polar surface area (TPSA) is 43.4 Å². The molecular weight excluding hydrogens is 308 g/mol. The summed E-state index contributed by atoms with van der Waals surface area (Å²) in [7, 11) is 0. The smallest absolute Gasteiger partial charge is 0.330 e. The van der Waals surface area contributed by atoms with Gasteiger partial charge in [0, 0.05) is 23.7 Å². The number of hydrogen-bond acceptors (Lipinski definition) is 4. The van der Waals surface area contributed by atoms with E-state index >= 15 is 0 Å². The van der Waals surface area contributed by atoms with Crippen molar-refractivity contribution in [2.75, 3.05) is 5.75 Å². The maximum atomic E-state index is 12.3. The molecule has 126 valence electrons. The van der Waals surface area contributed by atoms with Crippen LogP contribution in [0.15, 0.2) is 36.0 Å². The summed E-state index contributed by atoms with van der Waals surface area (Å²) in [4.78, 5) is 24.2. The van der Waals surface area contributed by atoms with Gasteiger partial charge in [-0.15, -0.1) is 0 Å². The molecule has 0 spiro atoms. The third kappa shape index (κ3) is 3.63. The van der Waals surface area contributed by atoms with Crippen LogP contribution in [0.5, 0.6) is 0 Å². The Morgan fingerprint density at radius 1 is 1.57 bits per heavy atom. The lowest BCUT2D eigenvalue weighted by atomic mass is 9.57. The van der Waals surface area contributed by atoms with Gasteiger partial charge in [-0.05, 0) is 37.7 Å². The van der Waals surface area contributed by atoms with Gasteiger partial charge in [-0.1, -0.05) is 37.6 Å². The summed E-state index contributed by atoms with van der Waals surface area (Å²) in [6.45, 7) is 10.2. The molecule has 0 N–H and O–H groups in total. The first-order valence-corrected chi connectivity index (χ1v) is 8.81. The summed E-state index contributed by atoms with van der Waals surface area (Å²) in [6, 6.07) is 0. The minimum Gasteiger partial charge on any atom is -0.459 e. The van der Waals surface area contributed by atoms with Crippen LogP contribution in [-0.4, -0.2) is 23.6 Å². The SMILES string of the molecule is C=C(C)C1CC2(C)C(=CC1=O)CCC(OC(=O)C=CCS)C2C. The highest BCUT2D eigenvalue weighted by Crippen LogP contribution is 2.52. The Labute approximate surface area is 144 Å². The van der Waals surface area contributed by atoms with E-state index in [-0.39, 0.29) is 35.1 Å². The van der Waals surface area contributed by atoms with Gasteiger partial charge in [-0.25, -0.2) is 4.79 Å². The Hall–Kier alpha value is -1.29. The van der Waals surface area contributed by atoms with Gasteiger partial charge in [0.25, 0.3) is 0 Å². The summed E-state index contributed by atoms with van der Waals surface area (Å²) in [5.74, 6) is 0.428. The summed E-state index contributed by atoms with van der Waals surface area (Å²) < 4.78 is 5.65. The molecule has 2 aliphatic carbocycles. The Balaban J connectivity index is 2.20. The van der Waals surface area contributed by atoms with Crippen LogP contribution >= 0.6 is 12.6 Å². The van der Waals surface area contributed by atoms with Gasteiger partial charge in [0.05, 0.1) is 0 Å². The molecule has 0 aromatic carbocycles. The Morgan fingerprint density at radius 3 is 2.87 bits per heavy atom. The Morgan fingerprint density at radius 2 is 2.26 bits per heavy atom. The van der Waals surface area contributed by atoms with Crippen LogP contribution in [0.3, 0.4) is 0 Å². The lowest BCUT2D eigenvalue weighted by molar-refractivity contribution is -0.150. The highest BCUT2D eigenvalue weighted by atomic mass is 32.1. The van der Waals surface area contributed by atoms with Gasteiger partial charge < -0.3 is 4.74 Å². The zero-order valence-electron chi connectivity index (χ0n) is 14.2. The van der Waals surface area contributed by atoms with Crippen LogP contribution < -0.4 is 0 Å². The fraction of sp³-hybridized carbons (Fsp3) is 0.579. The highest BCUT2D eigenvalue weighted by Gasteiger charge is 2.48. The second-order valence-corrected chi connectivity index (χ2v) is 7.35. The number of allylic oxidation sites excluding steroid dienone is 3. The van der Waals surface area contributed by atoms with Gasteiger partial charge in [0.1, 0.15) is 6.10 Å². The van der Waals surface area contributed by atoms with Gasteiger partial charge in [-0.2, -0.15) is 12.6 Å². The zero-order valence-corrected chi connectivity index (χ0v) is 15.1. The molecule has 1 saturated carbocycles. The molecule has 0 aromatic heterocycles. The summed E-state index contributed by atoms with van der Waals surface area (Å²) in [5, 5.41) is 0. The number of ether oxygens (including phenoxy) is 1. The molecule has 0 aliphatic heterocycles. The van der Waals surface area contributed by atoms with Gasteiger partial charge in [-0.3, -0.25) is 4.79 Å². The molecule has 0 bridgehead atoms. The molecule has 3 nitrogen and oxygen atoms in total. The maximum Gasteiger partial charge on any atom is 0.330 e. The van der Waals surface area contributed by atoms with E-state index < -0.39 is 0 Å². The molecular formula is C19H26O3S. The molecule has 23 heavy (non-hydrogen) atoms. The fourth-order valence-electron chi connectivity index (χ4n) is 3.80. The van der Waals surface area contributed by atoms with Gasteiger partial charge in [0.2, 0.25) is 0 Å². The van der Waals surface area contributed by atoms with Gasteiger partial charge in [0.15, 0.2) is 5.78 Å². The molecule has 0 amide bonds. The quantitative estimate of drug-likeness (QED) is 0.367. The van der Waals surface area contributed by atoms with Crippen molar-refractivity contribution in [3.8, 4) is 0 Å². The second kappa shape index (κ2) is 7.08. The standard InChI is InChI=1S/C19H26O3S/c1-12(2)15-11-19(4)13(3)17(22-18(21)6-5-9-23)8-7-14(19)10-16(15)20/h5-6,10,13,15,17,23H,1,7-9,11H2,2-4H3. The number of esters is 1. The zero-order chi connectivity index (χ0) is 17.2. The fourth-order valence-corrected chi connectivity index (χ4v) is 3.91. The molecule has 4 unspecified atom stereocenters. The van der Waals surface area contributed by atoms with Crippen LogP contribution in [-0.2, 0) is 14.3 Å². The summed E-state index contributed by atoms with van der Waals surface area (Å²) >= 11 is 4.05. The number of carbonyl (C=O) groups excluding carboxylic acids is 2. The van der Waals surface area contributed by atoms with E-state index in [2.05, 4.69) is 33.1 Å². The van der Waals surface area contributed by atoms with Crippen molar-refractivity contribution < 1.29 is 14.3 Å². The average Bonchev–Trinajstić information content (AvgIpc) is 2.49. The molecule has 0 saturated heterocycles. The number of carbonyl (C=O) groups is 2. The van der Waals surface area contributed by atoms with Crippen LogP contribution in [0, 0.1) is 17.3 Å². The monoisotopic (exact) mass is 334 g/mol. The number of rotatable bonds is 4. The van der Waals surface area contributed by atoms with Crippen molar-refractivity contribution >= 4 is 24.4 Å². The normalized spacial score (nSPS) is 34.0. The minimum atomic E-state index is -0.310.